The minimum absolute atomic E-state index is 0.278. The molecule has 0 saturated carbocycles. The van der Waals surface area contributed by atoms with E-state index >= 15 is 0 Å². The molecule has 0 radical (unpaired) electrons. The highest BCUT2D eigenvalue weighted by atomic mass is 16.8. The highest BCUT2D eigenvalue weighted by Gasteiger charge is 2.49. The minimum Gasteiger partial charge on any atom is -0.374 e. The van der Waals surface area contributed by atoms with E-state index in [1.54, 1.807) is 7.11 Å². The Kier molecular flexibility index (Phi) is 17.8. The fraction of sp³-hybridized carbons (Fsp3) is 0.467. The first-order valence-corrected chi connectivity index (χ1v) is 19.2. The summed E-state index contributed by atoms with van der Waals surface area (Å²) in [6.45, 7) is 4.08. The van der Waals surface area contributed by atoms with Gasteiger partial charge in [-0.2, -0.15) is 0 Å². The van der Waals surface area contributed by atoms with Crippen molar-refractivity contribution in [1.82, 2.24) is 0 Å². The van der Waals surface area contributed by atoms with Crippen molar-refractivity contribution in [3.8, 4) is 0 Å². The van der Waals surface area contributed by atoms with Gasteiger partial charge in [0.1, 0.15) is 24.4 Å². The molecule has 1 aliphatic rings. The Bertz CT molecular complexity index is 1460. The number of ether oxygens (including phenoxy) is 7. The molecule has 1 aliphatic heterocycles. The number of rotatable bonds is 24. The Balaban J connectivity index is 1.40. The van der Waals surface area contributed by atoms with Crippen molar-refractivity contribution in [1.29, 1.82) is 0 Å². The molecule has 0 bridgehead atoms. The standard InChI is InChI=1S/C45H58O7/c1-3-4-5-6-7-8-21-30-41(46-2)52-45-44(50-34-39-28-19-12-20-29-39)43(49-33-38-26-17-11-18-27-38)42(48-32-37-24-15-10-16-25-37)40(51-45)35-47-31-36-22-13-9-14-23-36/h9-20,22-29,40-45H,3-8,21,30-35H2,1-2H3/t40-,41?,42-,43+,44-,45-/m1/s1. The topological polar surface area (TPSA) is 64.6 Å². The number of benzene rings is 4. The van der Waals surface area contributed by atoms with E-state index in [0.29, 0.717) is 26.4 Å². The highest BCUT2D eigenvalue weighted by molar-refractivity contribution is 5.16. The predicted octanol–water partition coefficient (Wildman–Crippen LogP) is 9.81. The molecule has 7 heteroatoms. The average Bonchev–Trinajstić information content (AvgIpc) is 3.20. The van der Waals surface area contributed by atoms with Gasteiger partial charge in [-0.1, -0.05) is 167 Å². The summed E-state index contributed by atoms with van der Waals surface area (Å²) in [4.78, 5) is 0. The molecule has 1 fully saturated rings. The van der Waals surface area contributed by atoms with E-state index in [1.165, 1.54) is 32.1 Å². The van der Waals surface area contributed by atoms with E-state index < -0.39 is 37.0 Å². The van der Waals surface area contributed by atoms with E-state index in [-0.39, 0.29) is 6.61 Å². The van der Waals surface area contributed by atoms with Crippen molar-refractivity contribution >= 4 is 0 Å². The van der Waals surface area contributed by atoms with Crippen LogP contribution in [0.25, 0.3) is 0 Å². The molecule has 4 aromatic carbocycles. The van der Waals surface area contributed by atoms with E-state index in [9.17, 15) is 0 Å². The van der Waals surface area contributed by atoms with Crippen molar-refractivity contribution in [3.63, 3.8) is 0 Å². The van der Waals surface area contributed by atoms with Gasteiger partial charge in [-0.25, -0.2) is 0 Å². The maximum atomic E-state index is 6.86. The van der Waals surface area contributed by atoms with Gasteiger partial charge in [0, 0.05) is 7.11 Å². The average molecular weight is 711 g/mol. The van der Waals surface area contributed by atoms with Gasteiger partial charge in [0.25, 0.3) is 0 Å². The lowest BCUT2D eigenvalue weighted by molar-refractivity contribution is -0.354. The number of unbranched alkanes of at least 4 members (excludes halogenated alkanes) is 6. The Hall–Kier alpha value is -3.40. The first-order chi connectivity index (χ1) is 25.7. The van der Waals surface area contributed by atoms with Gasteiger partial charge in [0.15, 0.2) is 12.6 Å². The summed E-state index contributed by atoms with van der Waals surface area (Å²) >= 11 is 0. The third-order valence-corrected chi connectivity index (χ3v) is 9.43. The van der Waals surface area contributed by atoms with Crippen LogP contribution in [-0.2, 0) is 59.6 Å². The van der Waals surface area contributed by atoms with Gasteiger partial charge >= 0.3 is 0 Å². The lowest BCUT2D eigenvalue weighted by Gasteiger charge is -2.46. The molecule has 7 nitrogen and oxygen atoms in total. The van der Waals surface area contributed by atoms with Crippen LogP contribution in [0.1, 0.15) is 80.5 Å². The second kappa shape index (κ2) is 23.3. The molecule has 280 valence electrons. The van der Waals surface area contributed by atoms with Gasteiger partial charge in [-0.05, 0) is 35.1 Å². The van der Waals surface area contributed by atoms with Crippen LogP contribution in [0.15, 0.2) is 121 Å². The maximum Gasteiger partial charge on any atom is 0.189 e. The summed E-state index contributed by atoms with van der Waals surface area (Å²) in [5, 5.41) is 0. The van der Waals surface area contributed by atoms with Gasteiger partial charge in [-0.3, -0.25) is 0 Å². The van der Waals surface area contributed by atoms with Crippen LogP contribution in [0.4, 0.5) is 0 Å². The van der Waals surface area contributed by atoms with Crippen LogP contribution in [0, 0.1) is 0 Å². The first kappa shape index (κ1) is 39.8. The molecule has 1 heterocycles. The zero-order valence-electron chi connectivity index (χ0n) is 31.1. The Morgan fingerprint density at radius 2 is 0.962 bits per heavy atom. The summed E-state index contributed by atoms with van der Waals surface area (Å²) < 4.78 is 46.2. The quantitative estimate of drug-likeness (QED) is 0.0530. The summed E-state index contributed by atoms with van der Waals surface area (Å²) in [7, 11) is 1.70. The lowest BCUT2D eigenvalue weighted by atomic mass is 9.97. The molecule has 4 aromatic rings. The number of hydrogen-bond donors (Lipinski definition) is 0. The summed E-state index contributed by atoms with van der Waals surface area (Å²) in [6.07, 6.45) is 5.77. The van der Waals surface area contributed by atoms with Crippen LogP contribution >= 0.6 is 0 Å². The van der Waals surface area contributed by atoms with E-state index in [0.717, 1.165) is 41.5 Å². The molecule has 5 rings (SSSR count). The third-order valence-electron chi connectivity index (χ3n) is 9.43. The normalized spacial score (nSPS) is 20.8. The van der Waals surface area contributed by atoms with Crippen molar-refractivity contribution in [2.24, 2.45) is 0 Å². The zero-order chi connectivity index (χ0) is 36.1. The molecular formula is C45H58O7. The van der Waals surface area contributed by atoms with Crippen molar-refractivity contribution in [3.05, 3.63) is 144 Å². The smallest absolute Gasteiger partial charge is 0.189 e. The van der Waals surface area contributed by atoms with Gasteiger partial charge in [-0.15, -0.1) is 0 Å². The lowest BCUT2D eigenvalue weighted by Crippen LogP contribution is -2.62. The molecule has 0 aliphatic carbocycles. The summed E-state index contributed by atoms with van der Waals surface area (Å²) in [5.74, 6) is 0. The van der Waals surface area contributed by atoms with Crippen LogP contribution in [0.3, 0.4) is 0 Å². The van der Waals surface area contributed by atoms with Crippen molar-refractivity contribution < 1.29 is 33.2 Å². The Labute approximate surface area is 311 Å². The van der Waals surface area contributed by atoms with Gasteiger partial charge in [0.05, 0.1) is 33.0 Å². The minimum atomic E-state index is -0.791. The maximum absolute atomic E-state index is 6.86. The number of methoxy groups -OCH3 is 1. The van der Waals surface area contributed by atoms with Crippen molar-refractivity contribution in [2.45, 2.75) is 122 Å². The molecule has 1 unspecified atom stereocenters. The fourth-order valence-electron chi connectivity index (χ4n) is 6.52. The van der Waals surface area contributed by atoms with Crippen molar-refractivity contribution in [2.75, 3.05) is 13.7 Å². The Morgan fingerprint density at radius 1 is 0.519 bits per heavy atom. The van der Waals surface area contributed by atoms with E-state index in [4.69, 9.17) is 33.2 Å². The second-order valence-electron chi connectivity index (χ2n) is 13.5. The largest absolute Gasteiger partial charge is 0.374 e. The van der Waals surface area contributed by atoms with Crippen LogP contribution in [-0.4, -0.2) is 50.7 Å². The predicted molar refractivity (Wildman–Crippen MR) is 204 cm³/mol. The van der Waals surface area contributed by atoms with Gasteiger partial charge in [0.2, 0.25) is 0 Å². The monoisotopic (exact) mass is 710 g/mol. The summed E-state index contributed by atoms with van der Waals surface area (Å²) in [6, 6.07) is 40.7. The fourth-order valence-corrected chi connectivity index (χ4v) is 6.52. The van der Waals surface area contributed by atoms with Crippen LogP contribution in [0.5, 0.6) is 0 Å². The van der Waals surface area contributed by atoms with E-state index in [1.807, 2.05) is 72.8 Å². The number of hydrogen-bond acceptors (Lipinski definition) is 7. The zero-order valence-corrected chi connectivity index (χ0v) is 31.1. The van der Waals surface area contributed by atoms with Gasteiger partial charge < -0.3 is 33.2 Å². The van der Waals surface area contributed by atoms with Crippen LogP contribution in [0.2, 0.25) is 0 Å². The highest BCUT2D eigenvalue weighted by Crippen LogP contribution is 2.33. The first-order valence-electron chi connectivity index (χ1n) is 19.2. The third kappa shape index (κ3) is 13.5. The molecule has 6 atom stereocenters. The SMILES string of the molecule is CCCCCCCCCC(OC)O[C@H]1O[C@H](COCc2ccccc2)[C@@H](OCc2ccccc2)[C@H](OCc2ccccc2)[C@H]1OCc1ccccc1. The molecule has 52 heavy (non-hydrogen) atoms. The van der Waals surface area contributed by atoms with Crippen LogP contribution < -0.4 is 0 Å². The molecule has 0 spiro atoms. The Morgan fingerprint density at radius 3 is 1.46 bits per heavy atom. The molecule has 1 saturated heterocycles. The molecular weight excluding hydrogens is 652 g/mol. The molecule has 0 amide bonds. The molecule has 0 N–H and O–H groups in total. The molecule has 0 aromatic heterocycles. The summed E-state index contributed by atoms with van der Waals surface area (Å²) in [5.41, 5.74) is 4.25. The van der Waals surface area contributed by atoms with E-state index in [2.05, 4.69) is 55.5 Å². The second-order valence-corrected chi connectivity index (χ2v) is 13.5.